The first-order valence-electron chi connectivity index (χ1n) is 6.36. The lowest BCUT2D eigenvalue weighted by molar-refractivity contribution is -0.124. The second-order valence-electron chi connectivity index (χ2n) is 5.03. The van der Waals surface area contributed by atoms with Crippen LogP contribution >= 0.6 is 0 Å². The van der Waals surface area contributed by atoms with Crippen LogP contribution in [-0.2, 0) is 4.79 Å². The molecule has 0 heterocycles. The number of hydrogen-bond acceptors (Lipinski definition) is 3. The van der Waals surface area contributed by atoms with Gasteiger partial charge >= 0.3 is 0 Å². The maximum absolute atomic E-state index is 11.8. The van der Waals surface area contributed by atoms with Crippen molar-refractivity contribution in [2.75, 3.05) is 0 Å². The second-order valence-corrected chi connectivity index (χ2v) is 5.03. The van der Waals surface area contributed by atoms with E-state index in [2.05, 4.69) is 12.2 Å². The minimum Gasteiger partial charge on any atom is -0.352 e. The third-order valence-corrected chi connectivity index (χ3v) is 3.68. The van der Waals surface area contributed by atoms with Crippen LogP contribution in [0.15, 0.2) is 0 Å². The van der Waals surface area contributed by atoms with Gasteiger partial charge in [0.05, 0.1) is 6.04 Å². The van der Waals surface area contributed by atoms with Crippen molar-refractivity contribution in [3.05, 3.63) is 0 Å². The second kappa shape index (κ2) is 6.21. The van der Waals surface area contributed by atoms with Crippen molar-refractivity contribution in [1.82, 2.24) is 5.32 Å². The molecule has 0 aromatic rings. The van der Waals surface area contributed by atoms with Gasteiger partial charge in [0.15, 0.2) is 0 Å². The smallest absolute Gasteiger partial charge is 0.237 e. The molecule has 1 aliphatic carbocycles. The summed E-state index contributed by atoms with van der Waals surface area (Å²) in [7, 11) is 0. The van der Waals surface area contributed by atoms with Crippen molar-refractivity contribution >= 4 is 5.91 Å². The van der Waals surface area contributed by atoms with E-state index in [0.717, 1.165) is 32.1 Å². The standard InChI is InChI=1S/C12H25N3O/c1-3-8(2)11(14)12(16)15-10-6-4-9(13)5-7-10/h8-11H,3-7,13-14H2,1-2H3,(H,15,16)/t8-,9?,10?,11-/m0/s1. The summed E-state index contributed by atoms with van der Waals surface area (Å²) >= 11 is 0. The van der Waals surface area contributed by atoms with Gasteiger partial charge < -0.3 is 16.8 Å². The van der Waals surface area contributed by atoms with Crippen LogP contribution in [0.3, 0.4) is 0 Å². The van der Waals surface area contributed by atoms with Gasteiger partial charge in [0, 0.05) is 12.1 Å². The van der Waals surface area contributed by atoms with Gasteiger partial charge in [0.2, 0.25) is 5.91 Å². The van der Waals surface area contributed by atoms with Crippen LogP contribution in [-0.4, -0.2) is 24.0 Å². The van der Waals surface area contributed by atoms with Crippen molar-refractivity contribution in [3.63, 3.8) is 0 Å². The molecule has 4 heteroatoms. The van der Waals surface area contributed by atoms with Gasteiger partial charge in [-0.1, -0.05) is 20.3 Å². The van der Waals surface area contributed by atoms with Crippen molar-refractivity contribution in [1.29, 1.82) is 0 Å². The molecule has 94 valence electrons. The Morgan fingerprint density at radius 1 is 1.38 bits per heavy atom. The fourth-order valence-electron chi connectivity index (χ4n) is 2.07. The quantitative estimate of drug-likeness (QED) is 0.663. The van der Waals surface area contributed by atoms with Crippen LogP contribution in [0.25, 0.3) is 0 Å². The largest absolute Gasteiger partial charge is 0.352 e. The van der Waals surface area contributed by atoms with Crippen LogP contribution in [0.4, 0.5) is 0 Å². The van der Waals surface area contributed by atoms with Gasteiger partial charge in [0.1, 0.15) is 0 Å². The summed E-state index contributed by atoms with van der Waals surface area (Å²) in [6.45, 7) is 4.07. The summed E-state index contributed by atoms with van der Waals surface area (Å²) in [6.07, 6.45) is 4.91. The Morgan fingerprint density at radius 3 is 2.44 bits per heavy atom. The van der Waals surface area contributed by atoms with Gasteiger partial charge in [-0.15, -0.1) is 0 Å². The van der Waals surface area contributed by atoms with Gasteiger partial charge in [0.25, 0.3) is 0 Å². The fraction of sp³-hybridized carbons (Fsp3) is 0.917. The molecule has 0 radical (unpaired) electrons. The number of carbonyl (C=O) groups is 1. The monoisotopic (exact) mass is 227 g/mol. The average molecular weight is 227 g/mol. The summed E-state index contributed by atoms with van der Waals surface area (Å²) in [4.78, 5) is 11.8. The number of hydrogen-bond donors (Lipinski definition) is 3. The molecule has 0 aromatic carbocycles. The van der Waals surface area contributed by atoms with Crippen LogP contribution < -0.4 is 16.8 Å². The number of carbonyl (C=O) groups excluding carboxylic acids is 1. The number of rotatable bonds is 4. The van der Waals surface area contributed by atoms with Gasteiger partial charge in [-0.05, 0) is 31.6 Å². The molecule has 1 amide bonds. The predicted octanol–water partition coefficient (Wildman–Crippen LogP) is 0.746. The summed E-state index contributed by atoms with van der Waals surface area (Å²) in [5.41, 5.74) is 11.7. The van der Waals surface area contributed by atoms with E-state index in [0.29, 0.717) is 6.04 Å². The summed E-state index contributed by atoms with van der Waals surface area (Å²) < 4.78 is 0. The van der Waals surface area contributed by atoms with Gasteiger partial charge in [-0.25, -0.2) is 0 Å². The maximum Gasteiger partial charge on any atom is 0.237 e. The lowest BCUT2D eigenvalue weighted by atomic mass is 9.91. The normalized spacial score (nSPS) is 29.5. The Bertz CT molecular complexity index is 224. The van der Waals surface area contributed by atoms with Gasteiger partial charge in [-0.2, -0.15) is 0 Å². The molecule has 5 N–H and O–H groups in total. The Labute approximate surface area is 98.1 Å². The third-order valence-electron chi connectivity index (χ3n) is 3.68. The molecule has 1 aliphatic rings. The molecule has 0 saturated heterocycles. The van der Waals surface area contributed by atoms with Crippen molar-refractivity contribution in [2.45, 2.75) is 64.1 Å². The number of amides is 1. The molecule has 0 aromatic heterocycles. The van der Waals surface area contributed by atoms with Crippen LogP contribution in [0.1, 0.15) is 46.0 Å². The highest BCUT2D eigenvalue weighted by atomic mass is 16.2. The Kier molecular flexibility index (Phi) is 5.22. The topological polar surface area (TPSA) is 81.1 Å². The molecule has 16 heavy (non-hydrogen) atoms. The Balaban J connectivity index is 2.33. The molecule has 4 nitrogen and oxygen atoms in total. The Morgan fingerprint density at radius 2 is 1.94 bits per heavy atom. The van der Waals surface area contributed by atoms with E-state index in [1.165, 1.54) is 0 Å². The van der Waals surface area contributed by atoms with E-state index < -0.39 is 0 Å². The highest BCUT2D eigenvalue weighted by molar-refractivity contribution is 5.82. The molecular weight excluding hydrogens is 202 g/mol. The molecule has 1 saturated carbocycles. The van der Waals surface area contributed by atoms with E-state index in [-0.39, 0.29) is 23.9 Å². The number of nitrogens with one attached hydrogen (secondary N) is 1. The van der Waals surface area contributed by atoms with E-state index >= 15 is 0 Å². The van der Waals surface area contributed by atoms with E-state index in [9.17, 15) is 4.79 Å². The Hall–Kier alpha value is -0.610. The first kappa shape index (κ1) is 13.5. The van der Waals surface area contributed by atoms with Crippen LogP contribution in [0, 0.1) is 5.92 Å². The van der Waals surface area contributed by atoms with E-state index in [1.54, 1.807) is 0 Å². The van der Waals surface area contributed by atoms with Crippen molar-refractivity contribution in [3.8, 4) is 0 Å². The summed E-state index contributed by atoms with van der Waals surface area (Å²) in [5.74, 6) is 0.237. The molecular formula is C12H25N3O. The zero-order chi connectivity index (χ0) is 12.1. The summed E-state index contributed by atoms with van der Waals surface area (Å²) in [5, 5.41) is 3.03. The SMILES string of the molecule is CC[C@H](C)[C@H](N)C(=O)NC1CCC(N)CC1. The molecule has 2 atom stereocenters. The maximum atomic E-state index is 11.8. The minimum absolute atomic E-state index is 0.00479. The third kappa shape index (κ3) is 3.76. The van der Waals surface area contributed by atoms with E-state index in [4.69, 9.17) is 11.5 Å². The molecule has 0 unspecified atom stereocenters. The summed E-state index contributed by atoms with van der Waals surface area (Å²) in [6, 6.07) is 0.222. The van der Waals surface area contributed by atoms with E-state index in [1.807, 2.05) is 6.92 Å². The zero-order valence-electron chi connectivity index (χ0n) is 10.4. The molecule has 0 bridgehead atoms. The van der Waals surface area contributed by atoms with Crippen LogP contribution in [0.5, 0.6) is 0 Å². The number of nitrogens with two attached hydrogens (primary N) is 2. The lowest BCUT2D eigenvalue weighted by Crippen LogP contribution is -2.49. The lowest BCUT2D eigenvalue weighted by Gasteiger charge is -2.28. The minimum atomic E-state index is -0.374. The molecule has 0 spiro atoms. The first-order chi connectivity index (χ1) is 7.54. The predicted molar refractivity (Wildman–Crippen MR) is 65.8 cm³/mol. The average Bonchev–Trinajstić information content (AvgIpc) is 2.30. The first-order valence-corrected chi connectivity index (χ1v) is 6.36. The molecule has 1 rings (SSSR count). The van der Waals surface area contributed by atoms with Gasteiger partial charge in [-0.3, -0.25) is 4.79 Å². The highest BCUT2D eigenvalue weighted by Crippen LogP contribution is 2.17. The molecule has 0 aliphatic heterocycles. The fourth-order valence-corrected chi connectivity index (χ4v) is 2.07. The molecule has 1 fully saturated rings. The van der Waals surface area contributed by atoms with Crippen molar-refractivity contribution in [2.24, 2.45) is 17.4 Å². The zero-order valence-corrected chi connectivity index (χ0v) is 10.4. The van der Waals surface area contributed by atoms with Crippen LogP contribution in [0.2, 0.25) is 0 Å². The van der Waals surface area contributed by atoms with Crippen molar-refractivity contribution < 1.29 is 4.79 Å². The highest BCUT2D eigenvalue weighted by Gasteiger charge is 2.24.